The maximum atomic E-state index is 12.6. The van der Waals surface area contributed by atoms with Crippen molar-refractivity contribution in [3.05, 3.63) is 64.9 Å². The highest BCUT2D eigenvalue weighted by atomic mass is 16.1. The molecule has 1 unspecified atom stereocenters. The summed E-state index contributed by atoms with van der Waals surface area (Å²) in [5.41, 5.74) is 5.24. The van der Waals surface area contributed by atoms with Gasteiger partial charge in [-0.15, -0.1) is 0 Å². The van der Waals surface area contributed by atoms with Crippen LogP contribution in [0.5, 0.6) is 0 Å². The third kappa shape index (κ3) is 5.59. The molecule has 4 nitrogen and oxygen atoms in total. The highest BCUT2D eigenvalue weighted by Crippen LogP contribution is 2.24. The number of hydrogen-bond acceptors (Lipinski definition) is 3. The third-order valence-electron chi connectivity index (χ3n) is 5.62. The molecule has 0 aliphatic carbocycles. The smallest absolute Gasteiger partial charge is 0.251 e. The summed E-state index contributed by atoms with van der Waals surface area (Å²) in [4.78, 5) is 15.0. The first-order valence-electron chi connectivity index (χ1n) is 10.4. The molecule has 0 spiro atoms. The van der Waals surface area contributed by atoms with Crippen LogP contribution in [0.25, 0.3) is 5.57 Å². The highest BCUT2D eigenvalue weighted by Gasteiger charge is 2.23. The first-order chi connectivity index (χ1) is 13.5. The molecule has 2 rings (SSSR count). The van der Waals surface area contributed by atoms with Gasteiger partial charge in [0.2, 0.25) is 0 Å². The van der Waals surface area contributed by atoms with Crippen LogP contribution in [-0.4, -0.2) is 43.5 Å². The Balaban J connectivity index is 2.11. The van der Waals surface area contributed by atoms with E-state index in [2.05, 4.69) is 41.5 Å². The third-order valence-corrected chi connectivity index (χ3v) is 5.62. The van der Waals surface area contributed by atoms with Gasteiger partial charge in [-0.3, -0.25) is 9.69 Å². The van der Waals surface area contributed by atoms with Crippen LogP contribution in [0.4, 0.5) is 0 Å². The van der Waals surface area contributed by atoms with Gasteiger partial charge in [0.05, 0.1) is 0 Å². The predicted octanol–water partition coefficient (Wildman–Crippen LogP) is 4.37. The summed E-state index contributed by atoms with van der Waals surface area (Å²) in [5, 5.41) is 6.31. The van der Waals surface area contributed by atoms with Gasteiger partial charge >= 0.3 is 0 Å². The Morgan fingerprint density at radius 1 is 1.18 bits per heavy atom. The fraction of sp³-hybridized carbons (Fsp3) is 0.458. The van der Waals surface area contributed by atoms with Crippen LogP contribution < -0.4 is 10.6 Å². The number of allylic oxidation sites excluding steroid dienone is 5. The molecule has 0 saturated carbocycles. The summed E-state index contributed by atoms with van der Waals surface area (Å²) in [6.45, 7) is 11.3. The Morgan fingerprint density at radius 3 is 2.43 bits per heavy atom. The van der Waals surface area contributed by atoms with E-state index in [-0.39, 0.29) is 5.91 Å². The lowest BCUT2D eigenvalue weighted by Crippen LogP contribution is -2.40. The summed E-state index contributed by atoms with van der Waals surface area (Å²) in [7, 11) is 1.92. The minimum Gasteiger partial charge on any atom is -0.388 e. The molecule has 1 amide bonds. The lowest BCUT2D eigenvalue weighted by molar-refractivity contribution is 0.0941. The molecule has 28 heavy (non-hydrogen) atoms. The van der Waals surface area contributed by atoms with Crippen LogP contribution >= 0.6 is 0 Å². The van der Waals surface area contributed by atoms with Crippen molar-refractivity contribution in [3.8, 4) is 0 Å². The Bertz CT molecular complexity index is 744. The number of likely N-dealkylation sites (tertiary alicyclic amines) is 1. The number of nitrogens with zero attached hydrogens (tertiary/aromatic N) is 1. The van der Waals surface area contributed by atoms with E-state index in [1.807, 2.05) is 51.2 Å². The number of nitrogens with one attached hydrogen (secondary N) is 2. The van der Waals surface area contributed by atoms with Gasteiger partial charge in [-0.25, -0.2) is 0 Å². The zero-order chi connectivity index (χ0) is 20.5. The van der Waals surface area contributed by atoms with Gasteiger partial charge in [0, 0.05) is 30.9 Å². The van der Waals surface area contributed by atoms with Crippen molar-refractivity contribution in [2.75, 3.05) is 26.7 Å². The first kappa shape index (κ1) is 22.0. The predicted molar refractivity (Wildman–Crippen MR) is 119 cm³/mol. The second kappa shape index (κ2) is 10.9. The summed E-state index contributed by atoms with van der Waals surface area (Å²) >= 11 is 0. The zero-order valence-electron chi connectivity index (χ0n) is 18.0. The molecule has 0 aromatic heterocycles. The second-order valence-electron chi connectivity index (χ2n) is 7.24. The van der Waals surface area contributed by atoms with Crippen LogP contribution in [-0.2, 0) is 0 Å². The van der Waals surface area contributed by atoms with Crippen LogP contribution in [0, 0.1) is 0 Å². The van der Waals surface area contributed by atoms with E-state index in [1.54, 1.807) is 0 Å². The molecule has 0 radical (unpaired) electrons. The maximum absolute atomic E-state index is 12.6. The number of likely N-dealkylation sites (N-methyl/N-ethyl adjacent to an activating group) is 2. The molecule has 152 valence electrons. The quantitative estimate of drug-likeness (QED) is 0.657. The topological polar surface area (TPSA) is 44.4 Å². The number of rotatable bonds is 8. The monoisotopic (exact) mass is 381 g/mol. The molecule has 1 heterocycles. The normalized spacial score (nSPS) is 19.0. The first-order valence-corrected chi connectivity index (χ1v) is 10.4. The zero-order valence-corrected chi connectivity index (χ0v) is 18.0. The standard InChI is InChI=1S/C24H35N3O/c1-6-18(4)23(16-21(7-2)25-5)19-11-13-20(14-12-19)24(28)26-17-22-10-9-15-27(22)8-3/h6-7,11-14,16,22,25H,8-10,15,17H2,1-5H3,(H,26,28)/b18-6+,21-7+,23-16+. The number of hydrogen-bond donors (Lipinski definition) is 2. The van der Waals surface area contributed by atoms with Crippen molar-refractivity contribution in [1.82, 2.24) is 15.5 Å². The lowest BCUT2D eigenvalue weighted by atomic mass is 9.96. The average Bonchev–Trinajstić information content (AvgIpc) is 3.20. The molecule has 2 N–H and O–H groups in total. The van der Waals surface area contributed by atoms with Gasteiger partial charge in [-0.2, -0.15) is 0 Å². The van der Waals surface area contributed by atoms with Gasteiger partial charge in [-0.1, -0.05) is 31.2 Å². The lowest BCUT2D eigenvalue weighted by Gasteiger charge is -2.22. The number of benzene rings is 1. The van der Waals surface area contributed by atoms with E-state index in [0.29, 0.717) is 11.6 Å². The molecule has 1 aromatic rings. The van der Waals surface area contributed by atoms with E-state index in [1.165, 1.54) is 18.4 Å². The summed E-state index contributed by atoms with van der Waals surface area (Å²) in [6.07, 6.45) is 8.69. The van der Waals surface area contributed by atoms with Gasteiger partial charge < -0.3 is 10.6 Å². The van der Waals surface area contributed by atoms with Gasteiger partial charge in [0.15, 0.2) is 0 Å². The van der Waals surface area contributed by atoms with Crippen LogP contribution in [0.3, 0.4) is 0 Å². The molecule has 0 bridgehead atoms. The second-order valence-corrected chi connectivity index (χ2v) is 7.24. The van der Waals surface area contributed by atoms with Crippen LogP contribution in [0.2, 0.25) is 0 Å². The van der Waals surface area contributed by atoms with Gasteiger partial charge in [0.25, 0.3) is 5.91 Å². The van der Waals surface area contributed by atoms with E-state index in [9.17, 15) is 4.79 Å². The van der Waals surface area contributed by atoms with Crippen molar-refractivity contribution in [2.24, 2.45) is 0 Å². The molecule has 1 aliphatic rings. The van der Waals surface area contributed by atoms with Crippen molar-refractivity contribution in [3.63, 3.8) is 0 Å². The maximum Gasteiger partial charge on any atom is 0.251 e. The van der Waals surface area contributed by atoms with E-state index < -0.39 is 0 Å². The Morgan fingerprint density at radius 2 is 1.86 bits per heavy atom. The summed E-state index contributed by atoms with van der Waals surface area (Å²) < 4.78 is 0. The molecule has 1 aliphatic heterocycles. The Kier molecular flexibility index (Phi) is 8.52. The minimum absolute atomic E-state index is 0.00663. The largest absolute Gasteiger partial charge is 0.388 e. The van der Waals surface area contributed by atoms with Crippen molar-refractivity contribution in [1.29, 1.82) is 0 Å². The molecule has 1 fully saturated rings. The molecule has 1 atom stereocenters. The molecular weight excluding hydrogens is 346 g/mol. The van der Waals surface area contributed by atoms with Crippen molar-refractivity contribution >= 4 is 11.5 Å². The Labute approximate surface area is 170 Å². The van der Waals surface area contributed by atoms with Crippen molar-refractivity contribution in [2.45, 2.75) is 46.6 Å². The molecule has 1 aromatic carbocycles. The Hall–Kier alpha value is -2.33. The summed E-state index contributed by atoms with van der Waals surface area (Å²) in [5.74, 6) is 0.00663. The number of carbonyl (C=O) groups excluding carboxylic acids is 1. The van der Waals surface area contributed by atoms with Gasteiger partial charge in [0.1, 0.15) is 0 Å². The van der Waals surface area contributed by atoms with E-state index in [0.717, 1.165) is 36.5 Å². The van der Waals surface area contributed by atoms with E-state index in [4.69, 9.17) is 0 Å². The number of amides is 1. The van der Waals surface area contributed by atoms with Crippen LogP contribution in [0.1, 0.15) is 56.5 Å². The van der Waals surface area contributed by atoms with E-state index >= 15 is 0 Å². The number of carbonyl (C=O) groups is 1. The van der Waals surface area contributed by atoms with Crippen LogP contribution in [0.15, 0.2) is 53.8 Å². The highest BCUT2D eigenvalue weighted by molar-refractivity contribution is 5.94. The summed E-state index contributed by atoms with van der Waals surface area (Å²) in [6, 6.07) is 8.38. The average molecular weight is 382 g/mol. The SMILES string of the molecule is C\C=C(/C=C(\C(C)=C\C)c1ccc(C(=O)NCC2CCCN2CC)cc1)NC. The molecule has 1 saturated heterocycles. The molecular formula is C24H35N3O. The fourth-order valence-electron chi connectivity index (χ4n) is 3.69. The van der Waals surface area contributed by atoms with Gasteiger partial charge in [-0.05, 0) is 81.6 Å². The molecule has 4 heteroatoms. The minimum atomic E-state index is 0.00663. The van der Waals surface area contributed by atoms with Crippen molar-refractivity contribution < 1.29 is 4.79 Å². The fourth-order valence-corrected chi connectivity index (χ4v) is 3.69.